The third-order valence-corrected chi connectivity index (χ3v) is 14.2. The van der Waals surface area contributed by atoms with Gasteiger partial charge < -0.3 is 14.2 Å². The second-order valence-electron chi connectivity index (χ2n) is 21.3. The molecule has 0 fully saturated rings. The number of allylic oxidation sites excluding steroid dienone is 4. The number of unbranched alkanes of at least 4 members (excludes halogenated alkanes) is 43. The summed E-state index contributed by atoms with van der Waals surface area (Å²) in [6, 6.07) is 0. The molecule has 6 nitrogen and oxygen atoms in total. The van der Waals surface area contributed by atoms with Crippen LogP contribution in [0.25, 0.3) is 0 Å². The topological polar surface area (TPSA) is 78.9 Å². The minimum atomic E-state index is -0.772. The molecule has 0 bridgehead atoms. The molecule has 0 aromatic rings. The highest BCUT2D eigenvalue weighted by Gasteiger charge is 2.19. The number of hydrogen-bond acceptors (Lipinski definition) is 6. The molecule has 0 spiro atoms. The second kappa shape index (κ2) is 59.5. The Morgan fingerprint density at radius 1 is 0.286 bits per heavy atom. The van der Waals surface area contributed by atoms with Gasteiger partial charge in [-0.2, -0.15) is 0 Å². The lowest BCUT2D eigenvalue weighted by Gasteiger charge is -2.18. The molecular weight excluding hydrogens is 865 g/mol. The Hall–Kier alpha value is -2.11. The van der Waals surface area contributed by atoms with Crippen LogP contribution >= 0.6 is 0 Å². The lowest BCUT2D eigenvalue weighted by molar-refractivity contribution is -0.167. The normalized spacial score (nSPS) is 12.1. The quantitative estimate of drug-likeness (QED) is 0.0261. The van der Waals surface area contributed by atoms with E-state index in [1.54, 1.807) is 0 Å². The van der Waals surface area contributed by atoms with Gasteiger partial charge in [0.15, 0.2) is 6.10 Å². The Kier molecular flexibility index (Phi) is 57.7. The minimum Gasteiger partial charge on any atom is -0.462 e. The molecule has 0 saturated carbocycles. The first-order valence-corrected chi connectivity index (χ1v) is 31.3. The molecule has 0 saturated heterocycles. The number of hydrogen-bond donors (Lipinski definition) is 0. The van der Waals surface area contributed by atoms with E-state index in [1.807, 2.05) is 0 Å². The molecule has 412 valence electrons. The van der Waals surface area contributed by atoms with Crippen LogP contribution in [0, 0.1) is 0 Å². The van der Waals surface area contributed by atoms with Crippen molar-refractivity contribution in [2.24, 2.45) is 0 Å². The Bertz CT molecular complexity index is 1130. The van der Waals surface area contributed by atoms with Crippen molar-refractivity contribution < 1.29 is 28.6 Å². The highest BCUT2D eigenvalue weighted by molar-refractivity contribution is 5.71. The van der Waals surface area contributed by atoms with Gasteiger partial charge in [-0.15, -0.1) is 0 Å². The molecule has 0 aromatic heterocycles. The van der Waals surface area contributed by atoms with Gasteiger partial charge in [0.1, 0.15) is 13.2 Å². The molecule has 6 heteroatoms. The zero-order valence-electron chi connectivity index (χ0n) is 47.3. The van der Waals surface area contributed by atoms with Crippen LogP contribution in [0.5, 0.6) is 0 Å². The van der Waals surface area contributed by atoms with Gasteiger partial charge in [0.25, 0.3) is 0 Å². The lowest BCUT2D eigenvalue weighted by atomic mass is 10.0. The predicted molar refractivity (Wildman–Crippen MR) is 303 cm³/mol. The smallest absolute Gasteiger partial charge is 0.306 e. The van der Waals surface area contributed by atoms with E-state index in [2.05, 4.69) is 45.1 Å². The van der Waals surface area contributed by atoms with Gasteiger partial charge in [0.2, 0.25) is 0 Å². The van der Waals surface area contributed by atoms with Crippen molar-refractivity contribution in [1.29, 1.82) is 0 Å². The highest BCUT2D eigenvalue weighted by atomic mass is 16.6. The summed E-state index contributed by atoms with van der Waals surface area (Å²) in [7, 11) is 0. The van der Waals surface area contributed by atoms with Crippen LogP contribution in [0.2, 0.25) is 0 Å². The first-order valence-electron chi connectivity index (χ1n) is 31.3. The third-order valence-electron chi connectivity index (χ3n) is 14.2. The van der Waals surface area contributed by atoms with Crippen molar-refractivity contribution >= 4 is 17.9 Å². The molecule has 70 heavy (non-hydrogen) atoms. The number of ether oxygens (including phenoxy) is 3. The van der Waals surface area contributed by atoms with Gasteiger partial charge in [-0.05, 0) is 44.9 Å². The van der Waals surface area contributed by atoms with Crippen LogP contribution in [0.3, 0.4) is 0 Å². The van der Waals surface area contributed by atoms with Crippen molar-refractivity contribution in [1.82, 2.24) is 0 Å². The first-order chi connectivity index (χ1) is 34.5. The summed E-state index contributed by atoms with van der Waals surface area (Å²) in [5.74, 6) is -0.879. The van der Waals surface area contributed by atoms with Gasteiger partial charge in [-0.1, -0.05) is 308 Å². The number of rotatable bonds is 58. The summed E-state index contributed by atoms with van der Waals surface area (Å²) in [5, 5.41) is 0. The molecule has 0 amide bonds. The average Bonchev–Trinajstić information content (AvgIpc) is 3.36. The van der Waals surface area contributed by atoms with E-state index in [9.17, 15) is 14.4 Å². The Morgan fingerprint density at radius 3 is 0.829 bits per heavy atom. The summed E-state index contributed by atoms with van der Waals surface area (Å²) in [6.45, 7) is 6.57. The van der Waals surface area contributed by atoms with E-state index in [0.29, 0.717) is 19.3 Å². The molecule has 0 aromatic carbocycles. The van der Waals surface area contributed by atoms with Gasteiger partial charge >= 0.3 is 17.9 Å². The summed E-state index contributed by atoms with van der Waals surface area (Å²) >= 11 is 0. The van der Waals surface area contributed by atoms with E-state index >= 15 is 0 Å². The molecule has 0 heterocycles. The molecule has 1 atom stereocenters. The monoisotopic (exact) mass is 985 g/mol. The lowest BCUT2D eigenvalue weighted by Crippen LogP contribution is -2.30. The Balaban J connectivity index is 3.90. The fourth-order valence-electron chi connectivity index (χ4n) is 9.46. The highest BCUT2D eigenvalue weighted by Crippen LogP contribution is 2.18. The first kappa shape index (κ1) is 67.9. The summed E-state index contributed by atoms with van der Waals surface area (Å²) in [6.07, 6.45) is 71.0. The van der Waals surface area contributed by atoms with E-state index in [1.165, 1.54) is 225 Å². The van der Waals surface area contributed by atoms with Gasteiger partial charge in [-0.25, -0.2) is 0 Å². The molecule has 0 rings (SSSR count). The maximum absolute atomic E-state index is 12.8. The molecule has 1 unspecified atom stereocenters. The zero-order chi connectivity index (χ0) is 50.7. The van der Waals surface area contributed by atoms with Crippen LogP contribution in [-0.2, 0) is 28.6 Å². The van der Waals surface area contributed by atoms with Crippen LogP contribution in [-0.4, -0.2) is 37.2 Å². The predicted octanol–water partition coefficient (Wildman–Crippen LogP) is 21.1. The summed E-state index contributed by atoms with van der Waals surface area (Å²) in [5.41, 5.74) is 0. The third kappa shape index (κ3) is 56.8. The zero-order valence-corrected chi connectivity index (χ0v) is 47.3. The standard InChI is InChI=1S/C64H120O6/c1-4-7-10-13-16-18-20-22-24-25-26-27-28-29-30-31-32-33-34-35-36-37-38-39-40-41-43-44-46-48-51-54-57-63(66)69-60-61(59-68-62(65)56-53-50-15-12-9-6-3)70-64(67)58-55-52-49-47-45-42-23-21-19-17-14-11-8-5-2/h14,17,21,23,61H,4-13,15-16,18-20,22,24-60H2,1-3H3/b17-14-,23-21-. The molecule has 0 aliphatic rings. The molecule has 0 aliphatic carbocycles. The number of carbonyl (C=O) groups is 3. The van der Waals surface area contributed by atoms with Crippen molar-refractivity contribution in [2.75, 3.05) is 13.2 Å². The number of carbonyl (C=O) groups excluding carboxylic acids is 3. The SMILES string of the molecule is CCCC/C=C\C/C=C\CCCCCCCC(=O)OC(COC(=O)CCCCCCCC)COC(=O)CCCCCCCCCCCCCCCCCCCCCCCCCCCCCCCCCC. The van der Waals surface area contributed by atoms with Gasteiger partial charge in [0.05, 0.1) is 0 Å². The van der Waals surface area contributed by atoms with Crippen LogP contribution < -0.4 is 0 Å². The average molecular weight is 986 g/mol. The van der Waals surface area contributed by atoms with E-state index in [0.717, 1.165) is 83.5 Å². The van der Waals surface area contributed by atoms with Crippen molar-refractivity contribution in [3.8, 4) is 0 Å². The van der Waals surface area contributed by atoms with Crippen LogP contribution in [0.4, 0.5) is 0 Å². The summed E-state index contributed by atoms with van der Waals surface area (Å²) in [4.78, 5) is 37.8. The number of esters is 3. The van der Waals surface area contributed by atoms with Crippen molar-refractivity contribution in [3.05, 3.63) is 24.3 Å². The molecule has 0 radical (unpaired) electrons. The van der Waals surface area contributed by atoms with Crippen molar-refractivity contribution in [3.63, 3.8) is 0 Å². The van der Waals surface area contributed by atoms with Crippen molar-refractivity contribution in [2.45, 2.75) is 354 Å². The minimum absolute atomic E-state index is 0.0729. The van der Waals surface area contributed by atoms with E-state index < -0.39 is 6.10 Å². The van der Waals surface area contributed by atoms with Crippen LogP contribution in [0.15, 0.2) is 24.3 Å². The molecular formula is C64H120O6. The fourth-order valence-corrected chi connectivity index (χ4v) is 9.46. The van der Waals surface area contributed by atoms with Crippen LogP contribution in [0.1, 0.15) is 348 Å². The van der Waals surface area contributed by atoms with Gasteiger partial charge in [-0.3, -0.25) is 14.4 Å². The van der Waals surface area contributed by atoms with E-state index in [4.69, 9.17) is 14.2 Å². The molecule has 0 aliphatic heterocycles. The fraction of sp³-hybridized carbons (Fsp3) is 0.891. The Labute approximate surface area is 436 Å². The largest absolute Gasteiger partial charge is 0.462 e. The maximum Gasteiger partial charge on any atom is 0.306 e. The molecule has 0 N–H and O–H groups in total. The maximum atomic E-state index is 12.8. The van der Waals surface area contributed by atoms with Gasteiger partial charge in [0, 0.05) is 19.3 Å². The summed E-state index contributed by atoms with van der Waals surface area (Å²) < 4.78 is 16.8. The second-order valence-corrected chi connectivity index (χ2v) is 21.3. The Morgan fingerprint density at radius 2 is 0.529 bits per heavy atom. The van der Waals surface area contributed by atoms with E-state index in [-0.39, 0.29) is 31.1 Å².